The molecule has 0 fully saturated rings. The van der Waals surface area contributed by atoms with Crippen LogP contribution in [0.3, 0.4) is 0 Å². The second-order valence-electron chi connectivity index (χ2n) is 5.20. The van der Waals surface area contributed by atoms with Crippen LogP contribution in [0.2, 0.25) is 0 Å². The number of hydrogen-bond acceptors (Lipinski definition) is 3. The molecule has 5 nitrogen and oxygen atoms in total. The molecule has 0 atom stereocenters. The molecule has 0 aliphatic carbocycles. The average Bonchev–Trinajstić information content (AvgIpc) is 2.66. The number of aryl methyl sites for hydroxylation is 2. The number of amides is 1. The van der Waals surface area contributed by atoms with E-state index in [1.165, 1.54) is 12.5 Å². The van der Waals surface area contributed by atoms with Gasteiger partial charge in [0.2, 0.25) is 5.78 Å². The number of aromatic nitrogens is 2. The van der Waals surface area contributed by atoms with Crippen molar-refractivity contribution in [1.29, 1.82) is 0 Å². The average molecular weight is 285 g/mol. The van der Waals surface area contributed by atoms with Crippen molar-refractivity contribution in [3.05, 3.63) is 46.8 Å². The molecule has 1 aromatic heterocycles. The van der Waals surface area contributed by atoms with Gasteiger partial charge in [-0.25, -0.2) is 0 Å². The molecule has 0 bridgehead atoms. The van der Waals surface area contributed by atoms with Gasteiger partial charge in [-0.15, -0.1) is 0 Å². The van der Waals surface area contributed by atoms with Crippen molar-refractivity contribution in [2.24, 2.45) is 0 Å². The van der Waals surface area contributed by atoms with Gasteiger partial charge in [-0.2, -0.15) is 5.10 Å². The van der Waals surface area contributed by atoms with E-state index in [2.05, 4.69) is 16.5 Å². The molecular weight excluding hydrogens is 266 g/mol. The molecule has 0 aliphatic rings. The molecule has 2 rings (SSSR count). The predicted octanol–water partition coefficient (Wildman–Crippen LogP) is 2.38. The topological polar surface area (TPSA) is 64.0 Å². The third-order valence-corrected chi connectivity index (χ3v) is 3.35. The van der Waals surface area contributed by atoms with E-state index in [-0.39, 0.29) is 0 Å². The Morgan fingerprint density at radius 1 is 1.24 bits per heavy atom. The molecule has 0 saturated heterocycles. The zero-order valence-corrected chi connectivity index (χ0v) is 12.7. The first-order valence-electron chi connectivity index (χ1n) is 6.80. The zero-order chi connectivity index (χ0) is 15.6. The maximum atomic E-state index is 11.5. The van der Waals surface area contributed by atoms with E-state index in [1.54, 1.807) is 0 Å². The summed E-state index contributed by atoms with van der Waals surface area (Å²) in [6.07, 6.45) is 0. The van der Waals surface area contributed by atoms with Crippen LogP contribution in [0, 0.1) is 20.8 Å². The van der Waals surface area contributed by atoms with Crippen molar-refractivity contribution < 1.29 is 9.59 Å². The molecule has 0 spiro atoms. The molecule has 0 saturated carbocycles. The van der Waals surface area contributed by atoms with Gasteiger partial charge in [0, 0.05) is 6.92 Å². The van der Waals surface area contributed by atoms with Crippen molar-refractivity contribution in [1.82, 2.24) is 9.78 Å². The zero-order valence-electron chi connectivity index (χ0n) is 12.7. The molecule has 1 N–H and O–H groups in total. The van der Waals surface area contributed by atoms with Gasteiger partial charge in [0.1, 0.15) is 0 Å². The standard InChI is InChI=1S/C16H19N3O2/c1-10-6-5-7-14(8-10)9-19-12(3)15(11(2)18-19)17-16(21)13(4)20/h5-8H,9H2,1-4H3,(H,17,21). The fourth-order valence-electron chi connectivity index (χ4n) is 2.22. The number of Topliss-reactive ketones (excluding diaryl/α,β-unsaturated/α-hetero) is 1. The largest absolute Gasteiger partial charge is 0.316 e. The molecule has 5 heteroatoms. The normalized spacial score (nSPS) is 10.5. The lowest BCUT2D eigenvalue weighted by Gasteiger charge is -2.07. The van der Waals surface area contributed by atoms with Gasteiger partial charge in [0.05, 0.1) is 23.6 Å². The number of nitrogens with zero attached hydrogens (tertiary/aromatic N) is 2. The number of benzene rings is 1. The molecule has 0 aliphatic heterocycles. The van der Waals surface area contributed by atoms with Gasteiger partial charge in [0.15, 0.2) is 0 Å². The molecule has 110 valence electrons. The van der Waals surface area contributed by atoms with E-state index in [1.807, 2.05) is 43.7 Å². The summed E-state index contributed by atoms with van der Waals surface area (Å²) in [5.41, 5.74) is 4.49. The Morgan fingerprint density at radius 2 is 1.95 bits per heavy atom. The highest BCUT2D eigenvalue weighted by Crippen LogP contribution is 2.20. The van der Waals surface area contributed by atoms with E-state index in [0.717, 1.165) is 11.3 Å². The van der Waals surface area contributed by atoms with E-state index in [4.69, 9.17) is 0 Å². The Labute approximate surface area is 124 Å². The molecule has 1 heterocycles. The molecule has 1 aromatic carbocycles. The number of ketones is 1. The second kappa shape index (κ2) is 5.91. The van der Waals surface area contributed by atoms with Crippen LogP contribution in [0.4, 0.5) is 5.69 Å². The van der Waals surface area contributed by atoms with Crippen LogP contribution in [0.25, 0.3) is 0 Å². The fourth-order valence-corrected chi connectivity index (χ4v) is 2.22. The molecule has 2 aromatic rings. The minimum Gasteiger partial charge on any atom is -0.316 e. The first kappa shape index (κ1) is 15.0. The van der Waals surface area contributed by atoms with Gasteiger partial charge in [-0.1, -0.05) is 29.8 Å². The summed E-state index contributed by atoms with van der Waals surface area (Å²) >= 11 is 0. The van der Waals surface area contributed by atoms with Crippen molar-refractivity contribution in [2.75, 3.05) is 5.32 Å². The summed E-state index contributed by atoms with van der Waals surface area (Å²) < 4.78 is 1.83. The van der Waals surface area contributed by atoms with Gasteiger partial charge in [-0.3, -0.25) is 14.3 Å². The second-order valence-corrected chi connectivity index (χ2v) is 5.20. The van der Waals surface area contributed by atoms with E-state index in [0.29, 0.717) is 17.9 Å². The molecular formula is C16H19N3O2. The lowest BCUT2D eigenvalue weighted by Crippen LogP contribution is -2.20. The monoisotopic (exact) mass is 285 g/mol. The van der Waals surface area contributed by atoms with Crippen LogP contribution in [0.1, 0.15) is 29.4 Å². The highest BCUT2D eigenvalue weighted by atomic mass is 16.2. The van der Waals surface area contributed by atoms with Crippen LogP contribution in [0.5, 0.6) is 0 Å². The molecule has 21 heavy (non-hydrogen) atoms. The summed E-state index contributed by atoms with van der Waals surface area (Å²) in [5, 5.41) is 7.06. The Morgan fingerprint density at radius 3 is 2.57 bits per heavy atom. The smallest absolute Gasteiger partial charge is 0.291 e. The maximum Gasteiger partial charge on any atom is 0.291 e. The molecule has 0 unspecified atom stereocenters. The van der Waals surface area contributed by atoms with Gasteiger partial charge in [-0.05, 0) is 26.3 Å². The van der Waals surface area contributed by atoms with E-state index < -0.39 is 11.7 Å². The van der Waals surface area contributed by atoms with Crippen LogP contribution < -0.4 is 5.32 Å². The number of hydrogen-bond donors (Lipinski definition) is 1. The van der Waals surface area contributed by atoms with Crippen molar-refractivity contribution in [2.45, 2.75) is 34.2 Å². The van der Waals surface area contributed by atoms with Crippen molar-refractivity contribution >= 4 is 17.4 Å². The van der Waals surface area contributed by atoms with Crippen LogP contribution in [-0.2, 0) is 16.1 Å². The van der Waals surface area contributed by atoms with E-state index in [9.17, 15) is 9.59 Å². The van der Waals surface area contributed by atoms with Crippen LogP contribution >= 0.6 is 0 Å². The highest BCUT2D eigenvalue weighted by molar-refractivity contribution is 6.39. The number of nitrogens with one attached hydrogen (secondary N) is 1. The summed E-state index contributed by atoms with van der Waals surface area (Å²) in [6, 6.07) is 8.19. The number of anilines is 1. The lowest BCUT2D eigenvalue weighted by atomic mass is 10.1. The number of carbonyl (C=O) groups is 2. The van der Waals surface area contributed by atoms with Gasteiger partial charge < -0.3 is 5.32 Å². The Hall–Kier alpha value is -2.43. The minimum atomic E-state index is -0.615. The Kier molecular flexibility index (Phi) is 4.21. The minimum absolute atomic E-state index is 0.514. The quantitative estimate of drug-likeness (QED) is 0.877. The van der Waals surface area contributed by atoms with Crippen LogP contribution in [0.15, 0.2) is 24.3 Å². The van der Waals surface area contributed by atoms with Crippen molar-refractivity contribution in [3.63, 3.8) is 0 Å². The highest BCUT2D eigenvalue weighted by Gasteiger charge is 2.16. The van der Waals surface area contributed by atoms with Gasteiger partial charge in [0.25, 0.3) is 5.91 Å². The Balaban J connectivity index is 2.26. The summed E-state index contributed by atoms with van der Waals surface area (Å²) in [6.45, 7) is 7.62. The summed E-state index contributed by atoms with van der Waals surface area (Å²) in [7, 11) is 0. The predicted molar refractivity (Wildman–Crippen MR) is 81.3 cm³/mol. The third kappa shape index (κ3) is 3.37. The van der Waals surface area contributed by atoms with Gasteiger partial charge >= 0.3 is 0 Å². The first-order valence-corrected chi connectivity index (χ1v) is 6.80. The summed E-state index contributed by atoms with van der Waals surface area (Å²) in [5.74, 6) is -1.13. The Bertz CT molecular complexity index is 702. The van der Waals surface area contributed by atoms with E-state index >= 15 is 0 Å². The number of carbonyl (C=O) groups excluding carboxylic acids is 2. The summed E-state index contributed by atoms with van der Waals surface area (Å²) in [4.78, 5) is 22.6. The third-order valence-electron chi connectivity index (χ3n) is 3.35. The molecule has 0 radical (unpaired) electrons. The van der Waals surface area contributed by atoms with Crippen LogP contribution in [-0.4, -0.2) is 21.5 Å². The molecule has 1 amide bonds. The van der Waals surface area contributed by atoms with Crippen molar-refractivity contribution in [3.8, 4) is 0 Å². The first-order chi connectivity index (χ1) is 9.88. The number of rotatable bonds is 4. The lowest BCUT2D eigenvalue weighted by molar-refractivity contribution is -0.133. The maximum absolute atomic E-state index is 11.5. The SMILES string of the molecule is CC(=O)C(=O)Nc1c(C)nn(Cc2cccc(C)c2)c1C. The fraction of sp³-hybridized carbons (Fsp3) is 0.312.